The Kier molecular flexibility index (Phi) is 13.3. The third kappa shape index (κ3) is 15.0. The molecule has 0 aromatic carbocycles. The normalized spacial score (nSPS) is 10.4. The van der Waals surface area contributed by atoms with Crippen LogP contribution in [0.5, 0.6) is 0 Å². The SMILES string of the molecule is CCCCCCCCC=C=CCC/C=C/N(C)[O-]. The fourth-order valence-corrected chi connectivity index (χ4v) is 1.68. The minimum absolute atomic E-state index is 0.818. The van der Waals surface area contributed by atoms with Gasteiger partial charge in [-0.3, -0.25) is 0 Å². The summed E-state index contributed by atoms with van der Waals surface area (Å²) in [4.78, 5) is 0. The predicted octanol–water partition coefficient (Wildman–Crippen LogP) is 5.17. The molecule has 2 nitrogen and oxygen atoms in total. The summed E-state index contributed by atoms with van der Waals surface area (Å²) < 4.78 is 0. The molecule has 0 radical (unpaired) electrons. The Morgan fingerprint density at radius 1 is 0.944 bits per heavy atom. The highest BCUT2D eigenvalue weighted by molar-refractivity contribution is 4.88. The standard InChI is InChI=1S/C16H28NO/c1-3-4-5-6-7-8-9-10-11-12-13-14-15-16-17(2)18/h10,12,15-16H,3-9,13-14H2,1-2H3/q-1/b16-15+. The van der Waals surface area contributed by atoms with E-state index in [4.69, 9.17) is 0 Å². The number of rotatable bonds is 11. The van der Waals surface area contributed by atoms with Crippen LogP contribution in [-0.4, -0.2) is 12.1 Å². The van der Waals surface area contributed by atoms with Gasteiger partial charge in [0.25, 0.3) is 0 Å². The van der Waals surface area contributed by atoms with Crippen molar-refractivity contribution >= 4 is 0 Å². The summed E-state index contributed by atoms with van der Waals surface area (Å²) in [5, 5.41) is 11.4. The maximum Gasteiger partial charge on any atom is -0.00662 e. The second-order valence-corrected chi connectivity index (χ2v) is 4.64. The lowest BCUT2D eigenvalue weighted by Gasteiger charge is -2.17. The highest BCUT2D eigenvalue weighted by Crippen LogP contribution is 2.06. The lowest BCUT2D eigenvalue weighted by Crippen LogP contribution is -1.96. The first-order valence-electron chi connectivity index (χ1n) is 7.23. The van der Waals surface area contributed by atoms with Crippen LogP contribution in [0, 0.1) is 5.21 Å². The number of hydrogen-bond donors (Lipinski definition) is 0. The van der Waals surface area contributed by atoms with Crippen LogP contribution in [0.1, 0.15) is 64.7 Å². The van der Waals surface area contributed by atoms with Crippen molar-refractivity contribution in [3.8, 4) is 0 Å². The lowest BCUT2D eigenvalue weighted by molar-refractivity contribution is 0.611. The average Bonchev–Trinajstić information content (AvgIpc) is 2.34. The molecule has 0 atom stereocenters. The molecule has 0 aliphatic carbocycles. The summed E-state index contributed by atoms with van der Waals surface area (Å²) in [6.07, 6.45) is 18.7. The molecule has 0 aromatic heterocycles. The highest BCUT2D eigenvalue weighted by Gasteiger charge is 1.87. The van der Waals surface area contributed by atoms with Crippen LogP contribution in [-0.2, 0) is 0 Å². The molecule has 0 bridgehead atoms. The fraction of sp³-hybridized carbons (Fsp3) is 0.688. The zero-order valence-corrected chi connectivity index (χ0v) is 12.0. The van der Waals surface area contributed by atoms with Gasteiger partial charge in [0, 0.05) is 0 Å². The molecule has 0 aliphatic heterocycles. The first-order chi connectivity index (χ1) is 8.77. The van der Waals surface area contributed by atoms with E-state index in [1.807, 2.05) is 12.2 Å². The molecule has 0 N–H and O–H groups in total. The highest BCUT2D eigenvalue weighted by atomic mass is 16.5. The van der Waals surface area contributed by atoms with Crippen molar-refractivity contribution in [3.63, 3.8) is 0 Å². The molecule has 0 fully saturated rings. The second kappa shape index (κ2) is 14.1. The Bertz CT molecular complexity index is 250. The van der Waals surface area contributed by atoms with E-state index in [9.17, 15) is 5.21 Å². The van der Waals surface area contributed by atoms with Crippen LogP contribution in [0.15, 0.2) is 30.2 Å². The largest absolute Gasteiger partial charge is 0.759 e. The second-order valence-electron chi connectivity index (χ2n) is 4.64. The first kappa shape index (κ1) is 17.0. The quantitative estimate of drug-likeness (QED) is 0.287. The number of unbranched alkanes of at least 4 members (excludes halogenated alkanes) is 7. The van der Waals surface area contributed by atoms with Crippen LogP contribution in [0.3, 0.4) is 0 Å². The molecule has 0 heterocycles. The topological polar surface area (TPSA) is 26.3 Å². The van der Waals surface area contributed by atoms with Gasteiger partial charge in [0.15, 0.2) is 0 Å². The van der Waals surface area contributed by atoms with Gasteiger partial charge in [-0.15, -0.1) is 5.73 Å². The number of hydroxylamine groups is 2. The van der Waals surface area contributed by atoms with Crippen LogP contribution < -0.4 is 0 Å². The van der Waals surface area contributed by atoms with Crippen LogP contribution in [0.25, 0.3) is 0 Å². The van der Waals surface area contributed by atoms with Crippen molar-refractivity contribution in [2.75, 3.05) is 7.05 Å². The van der Waals surface area contributed by atoms with E-state index in [1.165, 1.54) is 45.6 Å². The number of hydrogen-bond acceptors (Lipinski definition) is 2. The van der Waals surface area contributed by atoms with E-state index in [1.54, 1.807) is 6.20 Å². The van der Waals surface area contributed by atoms with E-state index in [0.717, 1.165) is 24.3 Å². The minimum atomic E-state index is 0.818. The van der Waals surface area contributed by atoms with E-state index in [-0.39, 0.29) is 0 Å². The van der Waals surface area contributed by atoms with Gasteiger partial charge in [0.05, 0.1) is 0 Å². The third-order valence-electron chi connectivity index (χ3n) is 2.73. The number of nitrogens with zero attached hydrogens (tertiary/aromatic N) is 1. The first-order valence-corrected chi connectivity index (χ1v) is 7.23. The monoisotopic (exact) mass is 250 g/mol. The lowest BCUT2D eigenvalue weighted by atomic mass is 10.1. The molecule has 2 heteroatoms. The van der Waals surface area contributed by atoms with E-state index in [2.05, 4.69) is 18.7 Å². The Balaban J connectivity index is 3.30. The summed E-state index contributed by atoms with van der Waals surface area (Å²) in [6, 6.07) is 0. The molecule has 0 aliphatic rings. The zero-order chi connectivity index (χ0) is 13.5. The van der Waals surface area contributed by atoms with Crippen LogP contribution >= 0.6 is 0 Å². The van der Waals surface area contributed by atoms with Gasteiger partial charge in [0.1, 0.15) is 0 Å². The Morgan fingerprint density at radius 3 is 2.33 bits per heavy atom. The third-order valence-corrected chi connectivity index (χ3v) is 2.73. The predicted molar refractivity (Wildman–Crippen MR) is 80.2 cm³/mol. The molecule has 0 rings (SSSR count). The summed E-state index contributed by atoms with van der Waals surface area (Å²) >= 11 is 0. The summed E-state index contributed by atoms with van der Waals surface area (Å²) in [7, 11) is 1.49. The molecular formula is C16H28NO-. The van der Waals surface area contributed by atoms with Gasteiger partial charge in [-0.25, -0.2) is 0 Å². The van der Waals surface area contributed by atoms with Crippen molar-refractivity contribution in [1.82, 2.24) is 5.06 Å². The van der Waals surface area contributed by atoms with Crippen molar-refractivity contribution in [1.29, 1.82) is 0 Å². The van der Waals surface area contributed by atoms with Gasteiger partial charge in [-0.05, 0) is 51.1 Å². The maximum atomic E-state index is 10.5. The van der Waals surface area contributed by atoms with Crippen LogP contribution in [0.4, 0.5) is 0 Å². The van der Waals surface area contributed by atoms with Gasteiger partial charge >= 0.3 is 0 Å². The molecule has 0 spiro atoms. The summed E-state index contributed by atoms with van der Waals surface area (Å²) in [6.45, 7) is 2.25. The van der Waals surface area contributed by atoms with Crippen molar-refractivity contribution < 1.29 is 0 Å². The van der Waals surface area contributed by atoms with E-state index in [0.29, 0.717) is 0 Å². The van der Waals surface area contributed by atoms with Crippen molar-refractivity contribution in [2.45, 2.75) is 64.7 Å². The van der Waals surface area contributed by atoms with Gasteiger partial charge in [-0.1, -0.05) is 45.1 Å². The Morgan fingerprint density at radius 2 is 1.61 bits per heavy atom. The molecule has 0 aromatic rings. The fourth-order valence-electron chi connectivity index (χ4n) is 1.68. The van der Waals surface area contributed by atoms with Crippen molar-refractivity contribution in [3.05, 3.63) is 35.4 Å². The summed E-state index contributed by atoms with van der Waals surface area (Å²) in [5.41, 5.74) is 3.20. The molecule has 104 valence electrons. The van der Waals surface area contributed by atoms with Gasteiger partial charge in [-0.2, -0.15) is 0 Å². The zero-order valence-electron chi connectivity index (χ0n) is 12.0. The minimum Gasteiger partial charge on any atom is -0.759 e. The molecular weight excluding hydrogens is 222 g/mol. The number of allylic oxidation sites excluding steroid dienone is 2. The Hall–Kier alpha value is -0.980. The molecule has 0 amide bonds. The Labute approximate surface area is 113 Å². The van der Waals surface area contributed by atoms with Crippen LogP contribution in [0.2, 0.25) is 0 Å². The average molecular weight is 250 g/mol. The van der Waals surface area contributed by atoms with Gasteiger partial charge in [0.2, 0.25) is 0 Å². The smallest absolute Gasteiger partial charge is 0.00662 e. The van der Waals surface area contributed by atoms with E-state index >= 15 is 0 Å². The summed E-state index contributed by atoms with van der Waals surface area (Å²) in [5.74, 6) is 0. The molecule has 0 unspecified atom stereocenters. The van der Waals surface area contributed by atoms with E-state index < -0.39 is 0 Å². The molecule has 0 saturated carbocycles. The van der Waals surface area contributed by atoms with Gasteiger partial charge < -0.3 is 10.3 Å². The molecule has 18 heavy (non-hydrogen) atoms. The molecule has 0 saturated heterocycles. The van der Waals surface area contributed by atoms with Crippen molar-refractivity contribution in [2.24, 2.45) is 0 Å². The maximum absolute atomic E-state index is 10.5.